The summed E-state index contributed by atoms with van der Waals surface area (Å²) in [6, 6.07) is 14.9. The maximum absolute atomic E-state index is 12.6. The summed E-state index contributed by atoms with van der Waals surface area (Å²) in [6.45, 7) is 5.39. The van der Waals surface area contributed by atoms with E-state index in [1.54, 1.807) is 18.2 Å². The Morgan fingerprint density at radius 2 is 1.79 bits per heavy atom. The Hall–Kier alpha value is -2.58. The molecule has 1 aliphatic rings. The molecule has 1 fully saturated rings. The van der Waals surface area contributed by atoms with Gasteiger partial charge in [-0.25, -0.2) is 17.9 Å². The van der Waals surface area contributed by atoms with E-state index in [9.17, 15) is 13.2 Å². The number of rotatable bonds is 5. The Morgan fingerprint density at radius 3 is 2.52 bits per heavy atom. The Labute approximate surface area is 172 Å². The number of amides is 2. The van der Waals surface area contributed by atoms with Gasteiger partial charge in [-0.2, -0.15) is 0 Å². The first-order chi connectivity index (χ1) is 13.9. The Kier molecular flexibility index (Phi) is 6.76. The molecule has 2 amide bonds. The topological polar surface area (TPSA) is 81.8 Å². The van der Waals surface area contributed by atoms with Crippen LogP contribution in [0.25, 0.3) is 0 Å². The molecule has 2 N–H and O–H groups in total. The molecule has 7 nitrogen and oxygen atoms in total. The van der Waals surface area contributed by atoms with E-state index in [-0.39, 0.29) is 17.5 Å². The molecule has 0 spiro atoms. The summed E-state index contributed by atoms with van der Waals surface area (Å²) < 4.78 is 26.2. The van der Waals surface area contributed by atoms with Crippen LogP contribution in [-0.4, -0.2) is 52.6 Å². The number of carbonyl (C=O) groups excluding carboxylic acids is 1. The van der Waals surface area contributed by atoms with E-state index in [0.29, 0.717) is 13.1 Å². The zero-order chi connectivity index (χ0) is 20.9. The third-order valence-corrected chi connectivity index (χ3v) is 6.52. The van der Waals surface area contributed by atoms with E-state index in [0.717, 1.165) is 25.1 Å². The number of urea groups is 1. The van der Waals surface area contributed by atoms with Crippen LogP contribution in [0, 0.1) is 6.92 Å². The van der Waals surface area contributed by atoms with Crippen molar-refractivity contribution in [3.05, 3.63) is 59.7 Å². The lowest BCUT2D eigenvalue weighted by atomic mass is 10.2. The van der Waals surface area contributed by atoms with Gasteiger partial charge in [0, 0.05) is 38.4 Å². The van der Waals surface area contributed by atoms with E-state index in [1.165, 1.54) is 24.4 Å². The molecule has 0 radical (unpaired) electrons. The number of hydrogen-bond donors (Lipinski definition) is 2. The summed E-state index contributed by atoms with van der Waals surface area (Å²) in [6.07, 6.45) is 0.900. The van der Waals surface area contributed by atoms with Crippen LogP contribution < -0.4 is 14.9 Å². The summed E-state index contributed by atoms with van der Waals surface area (Å²) in [4.78, 5) is 16.9. The quantitative estimate of drug-likeness (QED) is 0.784. The lowest BCUT2D eigenvalue weighted by Gasteiger charge is -2.24. The average molecular weight is 417 g/mol. The van der Waals surface area contributed by atoms with Crippen molar-refractivity contribution in [2.24, 2.45) is 0 Å². The second-order valence-electron chi connectivity index (χ2n) is 7.18. The van der Waals surface area contributed by atoms with E-state index in [1.807, 2.05) is 4.90 Å². The third-order valence-electron chi connectivity index (χ3n) is 5.10. The van der Waals surface area contributed by atoms with Crippen molar-refractivity contribution >= 4 is 21.7 Å². The number of nitrogens with zero attached hydrogens (tertiary/aromatic N) is 2. The van der Waals surface area contributed by atoms with Crippen molar-refractivity contribution in [3.8, 4) is 0 Å². The SMILES string of the molecule is CNS(=O)(=O)c1cccc(CNC(=O)N2CCCN(c3ccc(C)cc3)CC2)c1. The Morgan fingerprint density at radius 1 is 1.03 bits per heavy atom. The highest BCUT2D eigenvalue weighted by Gasteiger charge is 2.19. The second-order valence-corrected chi connectivity index (χ2v) is 9.06. The minimum Gasteiger partial charge on any atom is -0.370 e. The monoisotopic (exact) mass is 416 g/mol. The van der Waals surface area contributed by atoms with Gasteiger partial charge in [-0.15, -0.1) is 0 Å². The number of anilines is 1. The molecule has 0 atom stereocenters. The van der Waals surface area contributed by atoms with Crippen molar-refractivity contribution in [3.63, 3.8) is 0 Å². The minimum atomic E-state index is -3.50. The first-order valence-corrected chi connectivity index (χ1v) is 11.2. The lowest BCUT2D eigenvalue weighted by molar-refractivity contribution is 0.201. The van der Waals surface area contributed by atoms with Crippen LogP contribution in [0.2, 0.25) is 0 Å². The fourth-order valence-electron chi connectivity index (χ4n) is 3.36. The molecule has 1 saturated heterocycles. The molecule has 2 aromatic carbocycles. The molecule has 1 aliphatic heterocycles. The molecule has 156 valence electrons. The molecule has 2 aromatic rings. The van der Waals surface area contributed by atoms with Gasteiger partial charge >= 0.3 is 6.03 Å². The van der Waals surface area contributed by atoms with E-state index in [4.69, 9.17) is 0 Å². The molecule has 1 heterocycles. The van der Waals surface area contributed by atoms with E-state index >= 15 is 0 Å². The maximum atomic E-state index is 12.6. The first-order valence-electron chi connectivity index (χ1n) is 9.76. The van der Waals surface area contributed by atoms with Crippen LogP contribution in [-0.2, 0) is 16.6 Å². The number of benzene rings is 2. The zero-order valence-electron chi connectivity index (χ0n) is 16.9. The number of hydrogen-bond acceptors (Lipinski definition) is 4. The summed E-state index contributed by atoms with van der Waals surface area (Å²) in [5.74, 6) is 0. The van der Waals surface area contributed by atoms with Crippen LogP contribution in [0.5, 0.6) is 0 Å². The molecule has 0 aliphatic carbocycles. The van der Waals surface area contributed by atoms with Gasteiger partial charge in [-0.05, 0) is 50.2 Å². The normalized spacial score (nSPS) is 15.1. The molecule has 0 unspecified atom stereocenters. The molecular weight excluding hydrogens is 388 g/mol. The highest BCUT2D eigenvalue weighted by Crippen LogP contribution is 2.17. The summed E-state index contributed by atoms with van der Waals surface area (Å²) >= 11 is 0. The van der Waals surface area contributed by atoms with Gasteiger partial charge in [-0.3, -0.25) is 0 Å². The van der Waals surface area contributed by atoms with Gasteiger partial charge in [-0.1, -0.05) is 29.8 Å². The standard InChI is InChI=1S/C21H28N4O3S/c1-17-7-9-19(10-8-17)24-11-4-12-25(14-13-24)21(26)23-16-18-5-3-6-20(15-18)29(27,28)22-2/h3,5-10,15,22H,4,11-14,16H2,1-2H3,(H,23,26). The van der Waals surface area contributed by atoms with Crippen molar-refractivity contribution in [2.75, 3.05) is 38.1 Å². The largest absolute Gasteiger partial charge is 0.370 e. The average Bonchev–Trinajstić information content (AvgIpc) is 2.99. The second kappa shape index (κ2) is 9.28. The summed E-state index contributed by atoms with van der Waals surface area (Å²) in [5.41, 5.74) is 3.15. The predicted octanol–water partition coefficient (Wildman–Crippen LogP) is 2.33. The zero-order valence-corrected chi connectivity index (χ0v) is 17.7. The molecule has 0 aromatic heterocycles. The first kappa shape index (κ1) is 21.1. The summed E-state index contributed by atoms with van der Waals surface area (Å²) in [5, 5.41) is 2.91. The smallest absolute Gasteiger partial charge is 0.317 e. The van der Waals surface area contributed by atoms with Crippen LogP contribution in [0.4, 0.5) is 10.5 Å². The minimum absolute atomic E-state index is 0.127. The highest BCUT2D eigenvalue weighted by atomic mass is 32.2. The van der Waals surface area contributed by atoms with Crippen LogP contribution in [0.15, 0.2) is 53.4 Å². The Bertz CT molecular complexity index is 945. The molecular formula is C21H28N4O3S. The molecule has 0 saturated carbocycles. The van der Waals surface area contributed by atoms with Gasteiger partial charge in [0.2, 0.25) is 10.0 Å². The number of aryl methyl sites for hydroxylation is 1. The van der Waals surface area contributed by atoms with Crippen molar-refractivity contribution < 1.29 is 13.2 Å². The maximum Gasteiger partial charge on any atom is 0.317 e. The Balaban J connectivity index is 1.56. The fraction of sp³-hybridized carbons (Fsp3) is 0.381. The van der Waals surface area contributed by atoms with Crippen molar-refractivity contribution in [1.82, 2.24) is 14.9 Å². The predicted molar refractivity (Wildman–Crippen MR) is 115 cm³/mol. The summed E-state index contributed by atoms with van der Waals surface area (Å²) in [7, 11) is -2.12. The number of carbonyl (C=O) groups is 1. The highest BCUT2D eigenvalue weighted by molar-refractivity contribution is 7.89. The van der Waals surface area contributed by atoms with Crippen LogP contribution >= 0.6 is 0 Å². The molecule has 0 bridgehead atoms. The van der Waals surface area contributed by atoms with E-state index in [2.05, 4.69) is 46.1 Å². The lowest BCUT2D eigenvalue weighted by Crippen LogP contribution is -2.41. The molecule has 8 heteroatoms. The van der Waals surface area contributed by atoms with Gasteiger partial charge in [0.15, 0.2) is 0 Å². The fourth-order valence-corrected chi connectivity index (χ4v) is 4.16. The van der Waals surface area contributed by atoms with E-state index < -0.39 is 10.0 Å². The van der Waals surface area contributed by atoms with Gasteiger partial charge in [0.1, 0.15) is 0 Å². The van der Waals surface area contributed by atoms with Gasteiger partial charge in [0.25, 0.3) is 0 Å². The van der Waals surface area contributed by atoms with Gasteiger partial charge in [0.05, 0.1) is 4.90 Å². The van der Waals surface area contributed by atoms with Crippen LogP contribution in [0.1, 0.15) is 17.5 Å². The number of sulfonamides is 1. The van der Waals surface area contributed by atoms with Crippen molar-refractivity contribution in [2.45, 2.75) is 24.8 Å². The van der Waals surface area contributed by atoms with Gasteiger partial charge < -0.3 is 15.1 Å². The molecule has 3 rings (SSSR count). The number of nitrogens with one attached hydrogen (secondary N) is 2. The van der Waals surface area contributed by atoms with Crippen LogP contribution in [0.3, 0.4) is 0 Å². The third kappa shape index (κ3) is 5.48. The molecule has 29 heavy (non-hydrogen) atoms. The van der Waals surface area contributed by atoms with Crippen molar-refractivity contribution in [1.29, 1.82) is 0 Å².